The lowest BCUT2D eigenvalue weighted by Gasteiger charge is -2.13. The molecule has 0 saturated carbocycles. The Morgan fingerprint density at radius 1 is 1.25 bits per heavy atom. The van der Waals surface area contributed by atoms with Gasteiger partial charge in [-0.2, -0.15) is 11.8 Å². The van der Waals surface area contributed by atoms with Crippen LogP contribution in [0, 0.1) is 5.92 Å². The topological polar surface area (TPSA) is 157 Å². The lowest BCUT2D eigenvalue weighted by Crippen LogP contribution is -2.32. The third kappa shape index (κ3) is 6.91. The molecule has 0 bridgehead atoms. The van der Waals surface area contributed by atoms with E-state index in [4.69, 9.17) is 9.84 Å². The number of hydrogen-bond donors (Lipinski definition) is 6. The minimum absolute atomic E-state index is 0.0324. The number of rotatable bonds is 10. The van der Waals surface area contributed by atoms with Crippen LogP contribution in [0.1, 0.15) is 6.92 Å². The molecule has 154 valence electrons. The van der Waals surface area contributed by atoms with E-state index >= 15 is 0 Å². The van der Waals surface area contributed by atoms with Crippen molar-refractivity contribution in [3.05, 3.63) is 28.7 Å². The second-order valence-electron chi connectivity index (χ2n) is 6.16. The number of esters is 1. The molecule has 1 aromatic carbocycles. The number of imidazole rings is 1. The minimum Gasteiger partial charge on any atom is -0.464 e. The number of H-pyrrole nitrogens is 2. The molecule has 2 rings (SSSR count). The molecule has 1 aromatic heterocycles. The largest absolute Gasteiger partial charge is 0.464 e. The molecule has 2 unspecified atom stereocenters. The smallest absolute Gasteiger partial charge is 0.323 e. The molecule has 11 heteroatoms. The number of ether oxygens (including phenoxy) is 1. The zero-order valence-corrected chi connectivity index (χ0v) is 16.2. The number of amides is 2. The van der Waals surface area contributed by atoms with Gasteiger partial charge in [0.15, 0.2) is 0 Å². The van der Waals surface area contributed by atoms with Crippen molar-refractivity contribution in [3.8, 4) is 0 Å². The summed E-state index contributed by atoms with van der Waals surface area (Å²) in [7, 11) is 0. The van der Waals surface area contributed by atoms with Crippen LogP contribution < -0.4 is 16.3 Å². The molecule has 6 N–H and O–H groups in total. The van der Waals surface area contributed by atoms with Crippen molar-refractivity contribution in [1.82, 2.24) is 15.3 Å². The summed E-state index contributed by atoms with van der Waals surface area (Å²) in [6.45, 7) is 1.58. The third-order valence-corrected chi connectivity index (χ3v) is 5.05. The van der Waals surface area contributed by atoms with Gasteiger partial charge in [-0.25, -0.2) is 9.59 Å². The van der Waals surface area contributed by atoms with Crippen LogP contribution in [0.2, 0.25) is 0 Å². The van der Waals surface area contributed by atoms with E-state index in [-0.39, 0.29) is 31.4 Å². The second kappa shape index (κ2) is 10.7. The number of aliphatic hydroxyl groups excluding tert-OH is 2. The highest BCUT2D eigenvalue weighted by molar-refractivity contribution is 7.99. The summed E-state index contributed by atoms with van der Waals surface area (Å²) in [5.74, 6) is 0.0567. The summed E-state index contributed by atoms with van der Waals surface area (Å²) < 4.78 is 5.10. The fourth-order valence-corrected chi connectivity index (χ4v) is 3.25. The number of nitrogens with one attached hydrogen (secondary N) is 4. The van der Waals surface area contributed by atoms with Crippen LogP contribution in [0.5, 0.6) is 0 Å². The fraction of sp³-hybridized carbons (Fsp3) is 0.471. The predicted octanol–water partition coefficient (Wildman–Crippen LogP) is 0.243. The summed E-state index contributed by atoms with van der Waals surface area (Å²) in [5.41, 5.74) is 1.40. The van der Waals surface area contributed by atoms with Crippen molar-refractivity contribution in [2.45, 2.75) is 13.0 Å². The third-order valence-electron chi connectivity index (χ3n) is 3.70. The van der Waals surface area contributed by atoms with Gasteiger partial charge in [0.05, 0.1) is 36.2 Å². The molecule has 1 heterocycles. The van der Waals surface area contributed by atoms with Gasteiger partial charge in [-0.05, 0) is 18.2 Å². The highest BCUT2D eigenvalue weighted by Crippen LogP contribution is 2.14. The minimum atomic E-state index is -0.797. The van der Waals surface area contributed by atoms with Gasteiger partial charge in [0, 0.05) is 17.2 Å². The van der Waals surface area contributed by atoms with Gasteiger partial charge in [0.25, 0.3) is 0 Å². The maximum atomic E-state index is 11.9. The lowest BCUT2D eigenvalue weighted by atomic mass is 10.2. The Kier molecular flexibility index (Phi) is 8.36. The number of aromatic nitrogens is 2. The molecule has 2 aromatic rings. The number of thioether (sulfide) groups is 1. The molecule has 0 saturated heterocycles. The van der Waals surface area contributed by atoms with Crippen LogP contribution in [0.25, 0.3) is 11.0 Å². The molecule has 0 aliphatic carbocycles. The fourth-order valence-electron chi connectivity index (χ4n) is 2.25. The van der Waals surface area contributed by atoms with E-state index in [1.807, 2.05) is 0 Å². The molecule has 2 amide bonds. The highest BCUT2D eigenvalue weighted by Gasteiger charge is 2.15. The Labute approximate surface area is 165 Å². The van der Waals surface area contributed by atoms with E-state index in [1.54, 1.807) is 25.1 Å². The SMILES string of the molecule is CC(CSCC(O)CO)C(=O)OCCNC(=O)Nc1ccc2[nH]c(=O)[nH]c2c1. The van der Waals surface area contributed by atoms with Crippen LogP contribution >= 0.6 is 11.8 Å². The number of carbonyl (C=O) groups is 2. The van der Waals surface area contributed by atoms with Crippen molar-refractivity contribution in [2.75, 3.05) is 36.6 Å². The van der Waals surface area contributed by atoms with Gasteiger partial charge in [-0.1, -0.05) is 6.92 Å². The van der Waals surface area contributed by atoms with Gasteiger partial charge in [0.2, 0.25) is 0 Å². The van der Waals surface area contributed by atoms with Gasteiger partial charge < -0.3 is 35.6 Å². The summed E-state index contributed by atoms with van der Waals surface area (Å²) in [6.07, 6.45) is -0.797. The number of hydrogen-bond acceptors (Lipinski definition) is 7. The molecule has 0 spiro atoms. The van der Waals surface area contributed by atoms with Crippen LogP contribution in [0.15, 0.2) is 23.0 Å². The summed E-state index contributed by atoms with van der Waals surface area (Å²) in [4.78, 5) is 40.2. The van der Waals surface area contributed by atoms with E-state index in [2.05, 4.69) is 20.6 Å². The molecular weight excluding hydrogens is 388 g/mol. The number of aliphatic hydroxyl groups is 2. The Balaban J connectivity index is 1.64. The number of aromatic amines is 2. The number of urea groups is 1. The first-order valence-electron chi connectivity index (χ1n) is 8.69. The maximum absolute atomic E-state index is 11.9. The van der Waals surface area contributed by atoms with Crippen LogP contribution in [0.3, 0.4) is 0 Å². The Morgan fingerprint density at radius 3 is 2.75 bits per heavy atom. The average molecular weight is 412 g/mol. The first-order chi connectivity index (χ1) is 13.4. The van der Waals surface area contributed by atoms with E-state index in [1.165, 1.54) is 11.8 Å². The zero-order chi connectivity index (χ0) is 20.5. The molecule has 0 aliphatic heterocycles. The Hall–Kier alpha value is -2.50. The number of carbonyl (C=O) groups excluding carboxylic acids is 2. The monoisotopic (exact) mass is 412 g/mol. The van der Waals surface area contributed by atoms with E-state index in [0.29, 0.717) is 28.2 Å². The normalized spacial score (nSPS) is 13.1. The molecule has 0 fully saturated rings. The van der Waals surface area contributed by atoms with Crippen molar-refractivity contribution in [1.29, 1.82) is 0 Å². The summed E-state index contributed by atoms with van der Waals surface area (Å²) in [6, 6.07) is 4.48. The highest BCUT2D eigenvalue weighted by atomic mass is 32.2. The van der Waals surface area contributed by atoms with E-state index < -0.39 is 18.1 Å². The average Bonchev–Trinajstić information content (AvgIpc) is 3.03. The zero-order valence-electron chi connectivity index (χ0n) is 15.4. The van der Waals surface area contributed by atoms with Crippen molar-refractivity contribution in [2.24, 2.45) is 5.92 Å². The quantitative estimate of drug-likeness (QED) is 0.241. The molecule has 10 nitrogen and oxygen atoms in total. The molecule has 0 radical (unpaired) electrons. The van der Waals surface area contributed by atoms with E-state index in [9.17, 15) is 19.5 Å². The van der Waals surface area contributed by atoms with Gasteiger partial charge in [-0.15, -0.1) is 0 Å². The van der Waals surface area contributed by atoms with Crippen LogP contribution in [0.4, 0.5) is 10.5 Å². The van der Waals surface area contributed by atoms with Crippen molar-refractivity contribution in [3.63, 3.8) is 0 Å². The Bertz CT molecular complexity index is 852. The van der Waals surface area contributed by atoms with E-state index in [0.717, 1.165) is 0 Å². The number of benzene rings is 1. The number of anilines is 1. The standard InChI is InChI=1S/C17H24N4O6S/c1-10(8-28-9-12(23)7-22)15(24)27-5-4-18-16(25)19-11-2-3-13-14(6-11)21-17(26)20-13/h2-3,6,10,12,22-23H,4-5,7-9H2,1H3,(H2,18,19,25)(H2,20,21,26). The van der Waals surface area contributed by atoms with Gasteiger partial charge in [0.1, 0.15) is 6.61 Å². The first-order valence-corrected chi connectivity index (χ1v) is 9.84. The first kappa shape index (κ1) is 21.8. The predicted molar refractivity (Wildman–Crippen MR) is 106 cm³/mol. The van der Waals surface area contributed by atoms with Crippen molar-refractivity contribution < 1.29 is 24.5 Å². The maximum Gasteiger partial charge on any atom is 0.323 e. The number of fused-ring (bicyclic) bond motifs is 1. The molecule has 28 heavy (non-hydrogen) atoms. The second-order valence-corrected chi connectivity index (χ2v) is 7.24. The Morgan fingerprint density at radius 2 is 2.00 bits per heavy atom. The van der Waals surface area contributed by atoms with Crippen molar-refractivity contribution >= 4 is 40.5 Å². The molecular formula is C17H24N4O6S. The summed E-state index contributed by atoms with van der Waals surface area (Å²) in [5, 5.41) is 23.2. The van der Waals surface area contributed by atoms with Crippen LogP contribution in [-0.2, 0) is 9.53 Å². The van der Waals surface area contributed by atoms with Gasteiger partial charge in [-0.3, -0.25) is 4.79 Å². The summed E-state index contributed by atoms with van der Waals surface area (Å²) >= 11 is 1.36. The van der Waals surface area contributed by atoms with Gasteiger partial charge >= 0.3 is 17.7 Å². The molecule has 0 aliphatic rings. The molecule has 2 atom stereocenters. The van der Waals surface area contributed by atoms with Crippen LogP contribution in [-0.4, -0.2) is 69.5 Å². The lowest BCUT2D eigenvalue weighted by molar-refractivity contribution is -0.146.